The topological polar surface area (TPSA) is 26.0 Å². The fourth-order valence-corrected chi connectivity index (χ4v) is 2.62. The van der Waals surface area contributed by atoms with Gasteiger partial charge < -0.3 is 5.73 Å². The quantitative estimate of drug-likeness (QED) is 0.852. The molecule has 1 nitrogen and oxygen atoms in total. The van der Waals surface area contributed by atoms with Gasteiger partial charge in [-0.1, -0.05) is 39.7 Å². The van der Waals surface area contributed by atoms with E-state index in [1.165, 1.54) is 6.07 Å². The minimum atomic E-state index is -0.405. The maximum absolute atomic E-state index is 13.1. The second kappa shape index (κ2) is 6.04. The molecule has 2 N–H and O–H groups in total. The lowest BCUT2D eigenvalue weighted by Crippen LogP contribution is -2.14. The van der Waals surface area contributed by atoms with Gasteiger partial charge in [-0.3, -0.25) is 0 Å². The van der Waals surface area contributed by atoms with E-state index >= 15 is 0 Å². The van der Waals surface area contributed by atoms with Crippen molar-refractivity contribution in [3.05, 3.63) is 68.4 Å². The van der Waals surface area contributed by atoms with Crippen LogP contribution >= 0.6 is 27.5 Å². The summed E-state index contributed by atoms with van der Waals surface area (Å²) in [6, 6.07) is 10.6. The molecule has 2 aromatic rings. The first-order chi connectivity index (χ1) is 8.97. The van der Waals surface area contributed by atoms with Crippen LogP contribution in [0.1, 0.15) is 22.7 Å². The molecule has 0 heterocycles. The maximum atomic E-state index is 13.1. The molecule has 0 saturated carbocycles. The Kier molecular flexibility index (Phi) is 4.61. The number of rotatable bonds is 3. The molecule has 2 aromatic carbocycles. The summed E-state index contributed by atoms with van der Waals surface area (Å²) in [7, 11) is 0. The van der Waals surface area contributed by atoms with Crippen molar-refractivity contribution < 1.29 is 4.39 Å². The van der Waals surface area contributed by atoms with E-state index in [0.717, 1.165) is 21.2 Å². The van der Waals surface area contributed by atoms with Gasteiger partial charge in [0.1, 0.15) is 5.82 Å². The van der Waals surface area contributed by atoms with E-state index in [1.54, 1.807) is 12.1 Å². The van der Waals surface area contributed by atoms with E-state index in [2.05, 4.69) is 15.9 Å². The van der Waals surface area contributed by atoms with E-state index in [0.29, 0.717) is 6.42 Å². The minimum absolute atomic E-state index is 0.135. The highest BCUT2D eigenvalue weighted by atomic mass is 79.9. The Morgan fingerprint density at radius 3 is 2.68 bits per heavy atom. The molecule has 1 unspecified atom stereocenters. The number of nitrogens with two attached hydrogens (primary N) is 1. The van der Waals surface area contributed by atoms with Crippen LogP contribution in [0.15, 0.2) is 40.9 Å². The van der Waals surface area contributed by atoms with Crippen molar-refractivity contribution in [1.82, 2.24) is 0 Å². The van der Waals surface area contributed by atoms with Crippen LogP contribution in [0.5, 0.6) is 0 Å². The molecule has 0 radical (unpaired) electrons. The van der Waals surface area contributed by atoms with Crippen molar-refractivity contribution in [3.63, 3.8) is 0 Å². The van der Waals surface area contributed by atoms with Crippen molar-refractivity contribution in [2.45, 2.75) is 19.4 Å². The first kappa shape index (κ1) is 14.5. The first-order valence-corrected chi connectivity index (χ1v) is 7.10. The molecule has 0 aromatic heterocycles. The molecule has 0 bridgehead atoms. The molecule has 0 aliphatic carbocycles. The second-order valence-electron chi connectivity index (χ2n) is 4.56. The van der Waals surface area contributed by atoms with Crippen molar-refractivity contribution in [2.24, 2.45) is 5.73 Å². The van der Waals surface area contributed by atoms with Gasteiger partial charge in [0.05, 0.1) is 5.02 Å². The molecule has 19 heavy (non-hydrogen) atoms. The van der Waals surface area contributed by atoms with E-state index in [4.69, 9.17) is 17.3 Å². The van der Waals surface area contributed by atoms with E-state index < -0.39 is 5.82 Å². The number of hydrogen-bond donors (Lipinski definition) is 1. The van der Waals surface area contributed by atoms with Gasteiger partial charge >= 0.3 is 0 Å². The third-order valence-electron chi connectivity index (χ3n) is 3.08. The summed E-state index contributed by atoms with van der Waals surface area (Å²) in [4.78, 5) is 0. The van der Waals surface area contributed by atoms with Crippen LogP contribution in [0.2, 0.25) is 5.02 Å². The summed E-state index contributed by atoms with van der Waals surface area (Å²) < 4.78 is 14.1. The highest BCUT2D eigenvalue weighted by Crippen LogP contribution is 2.25. The van der Waals surface area contributed by atoms with Gasteiger partial charge in [0.2, 0.25) is 0 Å². The smallest absolute Gasteiger partial charge is 0.141 e. The number of benzene rings is 2. The molecule has 1 atom stereocenters. The van der Waals surface area contributed by atoms with Gasteiger partial charge in [-0.25, -0.2) is 4.39 Å². The van der Waals surface area contributed by atoms with Crippen LogP contribution in [-0.4, -0.2) is 0 Å². The zero-order chi connectivity index (χ0) is 14.0. The molecule has 0 aliphatic rings. The van der Waals surface area contributed by atoms with Gasteiger partial charge in [0.25, 0.3) is 0 Å². The number of aryl methyl sites for hydroxylation is 1. The molecule has 0 spiro atoms. The average molecular weight is 343 g/mol. The van der Waals surface area contributed by atoms with Crippen LogP contribution in [-0.2, 0) is 6.42 Å². The number of halogens is 3. The molecule has 100 valence electrons. The van der Waals surface area contributed by atoms with Gasteiger partial charge in [0, 0.05) is 10.5 Å². The second-order valence-corrected chi connectivity index (χ2v) is 5.88. The SMILES string of the molecule is Cc1ccc(Br)cc1C(N)Cc1ccc(F)c(Cl)c1. The van der Waals surface area contributed by atoms with Crippen LogP contribution < -0.4 is 5.73 Å². The molecular weight excluding hydrogens is 329 g/mol. The molecule has 0 amide bonds. The summed E-state index contributed by atoms with van der Waals surface area (Å²) in [6.45, 7) is 2.03. The summed E-state index contributed by atoms with van der Waals surface area (Å²) >= 11 is 9.22. The monoisotopic (exact) mass is 341 g/mol. The Morgan fingerprint density at radius 2 is 2.00 bits per heavy atom. The predicted molar refractivity (Wildman–Crippen MR) is 80.9 cm³/mol. The Bertz CT molecular complexity index is 601. The standard InChI is InChI=1S/C15H14BrClFN/c1-9-2-4-11(16)8-12(9)15(19)7-10-3-5-14(18)13(17)6-10/h2-6,8,15H,7,19H2,1H3. The first-order valence-electron chi connectivity index (χ1n) is 5.93. The third kappa shape index (κ3) is 3.56. The van der Waals surface area contributed by atoms with Crippen molar-refractivity contribution in [2.75, 3.05) is 0 Å². The van der Waals surface area contributed by atoms with Gasteiger partial charge in [0.15, 0.2) is 0 Å². The largest absolute Gasteiger partial charge is 0.324 e. The molecular formula is C15H14BrClFN. The minimum Gasteiger partial charge on any atom is -0.324 e. The van der Waals surface area contributed by atoms with Gasteiger partial charge in [-0.05, 0) is 54.3 Å². The van der Waals surface area contributed by atoms with Gasteiger partial charge in [-0.2, -0.15) is 0 Å². The average Bonchev–Trinajstić information content (AvgIpc) is 2.36. The molecule has 2 rings (SSSR count). The molecule has 0 saturated heterocycles. The Hall–Kier alpha value is -0.900. The van der Waals surface area contributed by atoms with E-state index in [-0.39, 0.29) is 11.1 Å². The van der Waals surface area contributed by atoms with Crippen LogP contribution in [0.4, 0.5) is 4.39 Å². The fraction of sp³-hybridized carbons (Fsp3) is 0.200. The normalized spacial score (nSPS) is 12.5. The number of hydrogen-bond acceptors (Lipinski definition) is 1. The van der Waals surface area contributed by atoms with Crippen molar-refractivity contribution in [1.29, 1.82) is 0 Å². The summed E-state index contributed by atoms with van der Waals surface area (Å²) in [6.07, 6.45) is 0.622. The third-order valence-corrected chi connectivity index (χ3v) is 3.86. The summed E-state index contributed by atoms with van der Waals surface area (Å²) in [5, 5.41) is 0.135. The predicted octanol–water partition coefficient (Wildman–Crippen LogP) is 4.79. The highest BCUT2D eigenvalue weighted by molar-refractivity contribution is 9.10. The highest BCUT2D eigenvalue weighted by Gasteiger charge is 2.11. The van der Waals surface area contributed by atoms with Crippen LogP contribution in [0.3, 0.4) is 0 Å². The van der Waals surface area contributed by atoms with Crippen molar-refractivity contribution >= 4 is 27.5 Å². The zero-order valence-electron chi connectivity index (χ0n) is 10.5. The molecule has 4 heteroatoms. The summed E-state index contributed by atoms with van der Waals surface area (Å²) in [5.74, 6) is -0.405. The lowest BCUT2D eigenvalue weighted by atomic mass is 9.96. The summed E-state index contributed by atoms with van der Waals surface area (Å²) in [5.41, 5.74) is 9.38. The maximum Gasteiger partial charge on any atom is 0.141 e. The Morgan fingerprint density at radius 1 is 1.26 bits per heavy atom. The molecule has 0 aliphatic heterocycles. The Balaban J connectivity index is 2.22. The van der Waals surface area contributed by atoms with Crippen LogP contribution in [0.25, 0.3) is 0 Å². The Labute approximate surface area is 125 Å². The van der Waals surface area contributed by atoms with Crippen molar-refractivity contribution in [3.8, 4) is 0 Å². The van der Waals surface area contributed by atoms with Crippen LogP contribution in [0, 0.1) is 12.7 Å². The van der Waals surface area contributed by atoms with Gasteiger partial charge in [-0.15, -0.1) is 0 Å². The van der Waals surface area contributed by atoms with E-state index in [1.807, 2.05) is 25.1 Å². The van der Waals surface area contributed by atoms with E-state index in [9.17, 15) is 4.39 Å². The lowest BCUT2D eigenvalue weighted by molar-refractivity contribution is 0.626. The zero-order valence-corrected chi connectivity index (χ0v) is 12.8. The molecule has 0 fully saturated rings. The lowest BCUT2D eigenvalue weighted by Gasteiger charge is -2.15. The fourth-order valence-electron chi connectivity index (χ4n) is 2.04.